The second-order valence-corrected chi connectivity index (χ2v) is 7.26. The third-order valence-electron chi connectivity index (χ3n) is 5.17. The van der Waals surface area contributed by atoms with E-state index >= 15 is 0 Å². The van der Waals surface area contributed by atoms with Gasteiger partial charge in [0.05, 0.1) is 17.4 Å². The van der Waals surface area contributed by atoms with Gasteiger partial charge in [-0.15, -0.1) is 0 Å². The van der Waals surface area contributed by atoms with E-state index in [0.29, 0.717) is 18.5 Å². The predicted octanol–water partition coefficient (Wildman–Crippen LogP) is 2.13. The molecule has 1 aliphatic rings. The van der Waals surface area contributed by atoms with Crippen molar-refractivity contribution in [3.8, 4) is 5.69 Å². The molecule has 0 unspecified atom stereocenters. The molecule has 3 aromatic rings. The maximum Gasteiger partial charge on any atom is 0.435 e. The zero-order chi connectivity index (χ0) is 21.6. The van der Waals surface area contributed by atoms with Gasteiger partial charge in [0, 0.05) is 44.2 Å². The minimum atomic E-state index is -4.62. The highest BCUT2D eigenvalue weighted by Gasteiger charge is 2.36. The molecule has 0 saturated carbocycles. The number of nitrogens with zero attached hydrogens (tertiary/aromatic N) is 5. The molecule has 1 amide bonds. The Morgan fingerprint density at radius 1 is 1.23 bits per heavy atom. The van der Waals surface area contributed by atoms with Crippen molar-refractivity contribution < 1.29 is 18.0 Å². The highest BCUT2D eigenvalue weighted by atomic mass is 19.4. The number of amides is 1. The fraction of sp³-hybridized carbons (Fsp3) is 0.368. The molecule has 3 aromatic heterocycles. The van der Waals surface area contributed by atoms with Gasteiger partial charge in [0.1, 0.15) is 5.69 Å². The normalized spacial score (nSPS) is 16.4. The molecule has 158 valence electrons. The largest absolute Gasteiger partial charge is 0.435 e. The van der Waals surface area contributed by atoms with Crippen LogP contribution in [0.1, 0.15) is 46.3 Å². The quantitative estimate of drug-likeness (QED) is 0.703. The molecular formula is C19H19F3N6O2. The van der Waals surface area contributed by atoms with E-state index in [9.17, 15) is 22.8 Å². The number of nitrogens with one attached hydrogen (secondary N) is 1. The molecule has 1 aliphatic carbocycles. The molecule has 0 radical (unpaired) electrons. The van der Waals surface area contributed by atoms with Crippen LogP contribution in [0.15, 0.2) is 35.4 Å². The number of aryl methyl sites for hydroxylation is 3. The van der Waals surface area contributed by atoms with Crippen molar-refractivity contribution in [2.45, 2.75) is 31.5 Å². The van der Waals surface area contributed by atoms with Crippen LogP contribution in [0.4, 0.5) is 13.2 Å². The smallest absolute Gasteiger partial charge is 0.344 e. The first-order valence-electron chi connectivity index (χ1n) is 9.31. The lowest BCUT2D eigenvalue weighted by Gasteiger charge is -2.22. The van der Waals surface area contributed by atoms with E-state index in [1.54, 1.807) is 30.2 Å². The van der Waals surface area contributed by atoms with E-state index in [2.05, 4.69) is 15.5 Å². The maximum atomic E-state index is 12.9. The van der Waals surface area contributed by atoms with Gasteiger partial charge in [-0.1, -0.05) is 0 Å². The lowest BCUT2D eigenvalue weighted by Crippen LogP contribution is -2.31. The average Bonchev–Trinajstić information content (AvgIpc) is 3.28. The summed E-state index contributed by atoms with van der Waals surface area (Å²) in [4.78, 5) is 24.5. The first kappa shape index (κ1) is 19.9. The van der Waals surface area contributed by atoms with E-state index in [0.717, 1.165) is 28.4 Å². The molecule has 0 saturated heterocycles. The number of hydrogen-bond donors (Lipinski definition) is 1. The van der Waals surface area contributed by atoms with Crippen LogP contribution in [0.25, 0.3) is 5.69 Å². The monoisotopic (exact) mass is 420 g/mol. The van der Waals surface area contributed by atoms with Gasteiger partial charge in [-0.25, -0.2) is 4.68 Å². The van der Waals surface area contributed by atoms with E-state index in [4.69, 9.17) is 0 Å². The van der Waals surface area contributed by atoms with Crippen LogP contribution in [-0.2, 0) is 26.7 Å². The molecule has 1 atom stereocenters. The van der Waals surface area contributed by atoms with Gasteiger partial charge in [0.25, 0.3) is 11.5 Å². The summed E-state index contributed by atoms with van der Waals surface area (Å²) in [6.45, 7) is 0. The number of alkyl halides is 3. The Bertz CT molecular complexity index is 1170. The van der Waals surface area contributed by atoms with Crippen molar-refractivity contribution in [1.82, 2.24) is 29.4 Å². The lowest BCUT2D eigenvalue weighted by atomic mass is 9.93. The summed E-state index contributed by atoms with van der Waals surface area (Å²) in [6.07, 6.45) is 0.873. The molecule has 4 rings (SSSR count). The van der Waals surface area contributed by atoms with Crippen LogP contribution in [0.3, 0.4) is 0 Å². The van der Waals surface area contributed by atoms with Crippen molar-refractivity contribution in [2.75, 3.05) is 0 Å². The molecule has 3 heterocycles. The summed E-state index contributed by atoms with van der Waals surface area (Å²) in [5.41, 5.74) is 0.703. The van der Waals surface area contributed by atoms with Crippen LogP contribution in [0, 0.1) is 0 Å². The second kappa shape index (κ2) is 7.15. The van der Waals surface area contributed by atoms with Crippen LogP contribution >= 0.6 is 0 Å². The Hall–Kier alpha value is -3.37. The summed E-state index contributed by atoms with van der Waals surface area (Å²) in [7, 11) is 2.94. The highest BCUT2D eigenvalue weighted by molar-refractivity contribution is 5.93. The number of hydrogen-bond acceptors (Lipinski definition) is 4. The number of rotatable bonds is 3. The predicted molar refractivity (Wildman–Crippen MR) is 100 cm³/mol. The van der Waals surface area contributed by atoms with E-state index in [-0.39, 0.29) is 11.3 Å². The zero-order valence-electron chi connectivity index (χ0n) is 16.3. The van der Waals surface area contributed by atoms with Crippen LogP contribution in [0.2, 0.25) is 0 Å². The van der Waals surface area contributed by atoms with E-state index < -0.39 is 23.8 Å². The molecular weight excluding hydrogens is 401 g/mol. The topological polar surface area (TPSA) is 86.7 Å². The Morgan fingerprint density at radius 2 is 2.00 bits per heavy atom. The van der Waals surface area contributed by atoms with Crippen LogP contribution in [0.5, 0.6) is 0 Å². The molecule has 0 aliphatic heterocycles. The summed E-state index contributed by atoms with van der Waals surface area (Å²) in [5.74, 6) is -0.639. The molecule has 1 N–H and O–H groups in total. The minimum Gasteiger partial charge on any atom is -0.344 e. The van der Waals surface area contributed by atoms with Gasteiger partial charge in [0.15, 0.2) is 5.69 Å². The zero-order valence-corrected chi connectivity index (χ0v) is 16.3. The van der Waals surface area contributed by atoms with Crippen molar-refractivity contribution in [3.63, 3.8) is 0 Å². The summed E-state index contributed by atoms with van der Waals surface area (Å²) >= 11 is 0. The fourth-order valence-corrected chi connectivity index (χ4v) is 3.55. The third kappa shape index (κ3) is 3.62. The summed E-state index contributed by atoms with van der Waals surface area (Å²) in [6, 6.07) is 3.55. The Morgan fingerprint density at radius 3 is 2.67 bits per heavy atom. The van der Waals surface area contributed by atoms with Gasteiger partial charge in [-0.05, 0) is 25.3 Å². The number of pyridine rings is 1. The number of carbonyl (C=O) groups is 1. The Balaban J connectivity index is 1.60. The van der Waals surface area contributed by atoms with E-state index in [1.165, 1.54) is 17.7 Å². The van der Waals surface area contributed by atoms with Crippen LogP contribution in [-0.4, -0.2) is 30.0 Å². The number of fused-ring (bicyclic) bond motifs is 1. The Labute approximate surface area is 168 Å². The minimum absolute atomic E-state index is 0.173. The number of carbonyl (C=O) groups excluding carboxylic acids is 1. The van der Waals surface area contributed by atoms with Crippen molar-refractivity contribution in [3.05, 3.63) is 63.6 Å². The van der Waals surface area contributed by atoms with Gasteiger partial charge in [0.2, 0.25) is 0 Å². The van der Waals surface area contributed by atoms with Crippen molar-refractivity contribution in [1.29, 1.82) is 0 Å². The fourth-order valence-electron chi connectivity index (χ4n) is 3.55. The van der Waals surface area contributed by atoms with Crippen molar-refractivity contribution >= 4 is 5.91 Å². The molecule has 0 spiro atoms. The number of halogens is 3. The molecule has 0 aromatic carbocycles. The second-order valence-electron chi connectivity index (χ2n) is 7.26. The Kier molecular flexibility index (Phi) is 4.75. The highest BCUT2D eigenvalue weighted by Crippen LogP contribution is 2.31. The first-order valence-corrected chi connectivity index (χ1v) is 9.31. The van der Waals surface area contributed by atoms with Crippen LogP contribution < -0.4 is 10.9 Å². The lowest BCUT2D eigenvalue weighted by molar-refractivity contribution is -0.141. The molecule has 0 bridgehead atoms. The number of aromatic nitrogens is 5. The average molecular weight is 420 g/mol. The summed E-state index contributed by atoms with van der Waals surface area (Å²) in [5, 5.41) is 10.7. The SMILES string of the molecule is Cn1nc(C(F)(F)F)cc1C(=O)N[C@H]1CCCc2nn(-c3ccn(C)c(=O)c3)cc21. The van der Waals surface area contributed by atoms with Gasteiger partial charge in [-0.2, -0.15) is 23.4 Å². The van der Waals surface area contributed by atoms with Gasteiger partial charge < -0.3 is 9.88 Å². The maximum absolute atomic E-state index is 12.9. The molecule has 11 heteroatoms. The molecule has 8 nitrogen and oxygen atoms in total. The molecule has 30 heavy (non-hydrogen) atoms. The van der Waals surface area contributed by atoms with Crippen molar-refractivity contribution in [2.24, 2.45) is 14.1 Å². The summed E-state index contributed by atoms with van der Waals surface area (Å²) < 4.78 is 42.6. The third-order valence-corrected chi connectivity index (χ3v) is 5.17. The van der Waals surface area contributed by atoms with Gasteiger partial charge >= 0.3 is 6.18 Å². The van der Waals surface area contributed by atoms with E-state index in [1.807, 2.05) is 0 Å². The molecule has 0 fully saturated rings. The standard InChI is InChI=1S/C19H19F3N6O2/c1-26-7-6-11(8-17(26)29)28-10-12-13(4-3-5-14(12)24-28)23-18(30)15-9-16(19(20,21)22)25-27(15)2/h6-10,13H,3-5H2,1-2H3,(H,23,30)/t13-/m0/s1. The van der Waals surface area contributed by atoms with Gasteiger partial charge in [-0.3, -0.25) is 14.3 Å². The first-order chi connectivity index (χ1) is 14.1.